The lowest BCUT2D eigenvalue weighted by molar-refractivity contribution is -0.141. The monoisotopic (exact) mass is 311 g/mol. The van der Waals surface area contributed by atoms with Gasteiger partial charge in [0.25, 0.3) is 0 Å². The van der Waals surface area contributed by atoms with Crippen LogP contribution in [0.2, 0.25) is 0 Å². The van der Waals surface area contributed by atoms with Crippen molar-refractivity contribution in [1.29, 1.82) is 0 Å². The summed E-state index contributed by atoms with van der Waals surface area (Å²) in [6.07, 6.45) is 0.190. The number of nitrogens with zero attached hydrogens (tertiary/aromatic N) is 1. The Kier molecular flexibility index (Phi) is 5.92. The maximum Gasteiger partial charge on any atom is 0.307 e. The maximum absolute atomic E-state index is 12.9. The first kappa shape index (κ1) is 16.7. The van der Waals surface area contributed by atoms with Gasteiger partial charge in [0.1, 0.15) is 0 Å². The normalized spacial score (nSPS) is 10.4. The summed E-state index contributed by atoms with van der Waals surface area (Å²) in [6, 6.07) is 19.3. The molecule has 0 unspecified atom stereocenters. The fourth-order valence-electron chi connectivity index (χ4n) is 2.46. The number of esters is 1. The minimum absolute atomic E-state index is 0.0358. The lowest BCUT2D eigenvalue weighted by atomic mass is 9.90. The zero-order valence-corrected chi connectivity index (χ0v) is 13.4. The van der Waals surface area contributed by atoms with Gasteiger partial charge in [-0.2, -0.15) is 0 Å². The molecule has 0 aliphatic carbocycles. The van der Waals surface area contributed by atoms with Crippen LogP contribution in [0, 0.1) is 0 Å². The van der Waals surface area contributed by atoms with E-state index in [1.165, 1.54) is 7.11 Å². The first-order valence-electron chi connectivity index (χ1n) is 7.55. The fourth-order valence-corrected chi connectivity index (χ4v) is 2.46. The van der Waals surface area contributed by atoms with Crippen molar-refractivity contribution >= 4 is 11.9 Å². The number of benzene rings is 2. The predicted octanol–water partition coefficient (Wildman–Crippen LogP) is 2.84. The lowest BCUT2D eigenvalue weighted by Crippen LogP contribution is -2.34. The highest BCUT2D eigenvalue weighted by Crippen LogP contribution is 2.26. The number of rotatable bonds is 6. The number of carbonyl (C=O) groups is 2. The number of amides is 1. The van der Waals surface area contributed by atoms with E-state index in [2.05, 4.69) is 4.74 Å². The van der Waals surface area contributed by atoms with Crippen molar-refractivity contribution in [2.24, 2.45) is 0 Å². The largest absolute Gasteiger partial charge is 0.469 e. The lowest BCUT2D eigenvalue weighted by Gasteiger charge is -2.24. The first-order chi connectivity index (χ1) is 11.1. The van der Waals surface area contributed by atoms with Crippen LogP contribution in [-0.4, -0.2) is 37.5 Å². The molecule has 0 aliphatic rings. The summed E-state index contributed by atoms with van der Waals surface area (Å²) in [4.78, 5) is 25.8. The number of carbonyl (C=O) groups excluding carboxylic acids is 2. The third-order valence-corrected chi connectivity index (χ3v) is 3.77. The summed E-state index contributed by atoms with van der Waals surface area (Å²) in [6.45, 7) is 0.335. The van der Waals surface area contributed by atoms with Crippen molar-refractivity contribution in [2.75, 3.05) is 20.7 Å². The molecule has 0 aromatic heterocycles. The fraction of sp³-hybridized carbons (Fsp3) is 0.263. The second kappa shape index (κ2) is 8.13. The Morgan fingerprint density at radius 3 is 1.87 bits per heavy atom. The zero-order chi connectivity index (χ0) is 16.7. The van der Waals surface area contributed by atoms with Gasteiger partial charge in [-0.05, 0) is 11.1 Å². The van der Waals surface area contributed by atoms with Gasteiger partial charge in [-0.15, -0.1) is 0 Å². The van der Waals surface area contributed by atoms with E-state index >= 15 is 0 Å². The minimum Gasteiger partial charge on any atom is -0.469 e. The van der Waals surface area contributed by atoms with E-state index in [0.29, 0.717) is 6.54 Å². The van der Waals surface area contributed by atoms with Gasteiger partial charge < -0.3 is 9.64 Å². The molecule has 4 nitrogen and oxygen atoms in total. The molecule has 0 saturated heterocycles. The number of hydrogen-bond acceptors (Lipinski definition) is 3. The summed E-state index contributed by atoms with van der Waals surface area (Å²) in [5.41, 5.74) is 1.88. The standard InChI is InChI=1S/C19H21NO3/c1-20(14-13-17(21)23-2)19(22)18(15-9-5-3-6-10-15)16-11-7-4-8-12-16/h3-12,18H,13-14H2,1-2H3. The van der Waals surface area contributed by atoms with Crippen molar-refractivity contribution < 1.29 is 14.3 Å². The van der Waals surface area contributed by atoms with Gasteiger partial charge in [0.15, 0.2) is 0 Å². The SMILES string of the molecule is COC(=O)CCN(C)C(=O)C(c1ccccc1)c1ccccc1. The molecule has 4 heteroatoms. The van der Waals surface area contributed by atoms with Gasteiger partial charge in [-0.25, -0.2) is 0 Å². The van der Waals surface area contributed by atoms with E-state index in [0.717, 1.165) is 11.1 Å². The molecular formula is C19H21NO3. The van der Waals surface area contributed by atoms with Crippen molar-refractivity contribution in [3.05, 3.63) is 71.8 Å². The molecule has 0 atom stereocenters. The molecule has 23 heavy (non-hydrogen) atoms. The Labute approximate surface area is 136 Å². The van der Waals surface area contributed by atoms with Crippen LogP contribution in [0.1, 0.15) is 23.5 Å². The third-order valence-electron chi connectivity index (χ3n) is 3.77. The molecular weight excluding hydrogens is 290 g/mol. The van der Waals surface area contributed by atoms with Crippen LogP contribution >= 0.6 is 0 Å². The Balaban J connectivity index is 2.24. The van der Waals surface area contributed by atoms with E-state index in [9.17, 15) is 9.59 Å². The van der Waals surface area contributed by atoms with Gasteiger partial charge in [0.05, 0.1) is 19.4 Å². The predicted molar refractivity (Wildman–Crippen MR) is 89.0 cm³/mol. The zero-order valence-electron chi connectivity index (χ0n) is 13.4. The highest BCUT2D eigenvalue weighted by molar-refractivity contribution is 5.87. The summed E-state index contributed by atoms with van der Waals surface area (Å²) in [5, 5.41) is 0. The quantitative estimate of drug-likeness (QED) is 0.771. The van der Waals surface area contributed by atoms with Crippen LogP contribution in [0.4, 0.5) is 0 Å². The van der Waals surface area contributed by atoms with Crippen molar-refractivity contribution in [3.63, 3.8) is 0 Å². The van der Waals surface area contributed by atoms with Crippen molar-refractivity contribution in [1.82, 2.24) is 4.90 Å². The molecule has 1 amide bonds. The van der Waals surface area contributed by atoms with Crippen LogP contribution in [0.5, 0.6) is 0 Å². The molecule has 2 aromatic carbocycles. The summed E-state index contributed by atoms with van der Waals surface area (Å²) < 4.78 is 4.63. The van der Waals surface area contributed by atoms with Crippen molar-refractivity contribution in [3.8, 4) is 0 Å². The highest BCUT2D eigenvalue weighted by Gasteiger charge is 2.25. The van der Waals surface area contributed by atoms with Crippen LogP contribution in [0.3, 0.4) is 0 Å². The molecule has 2 aromatic rings. The average molecular weight is 311 g/mol. The van der Waals surface area contributed by atoms with E-state index in [1.54, 1.807) is 11.9 Å². The molecule has 0 radical (unpaired) electrons. The van der Waals surface area contributed by atoms with E-state index in [1.807, 2.05) is 60.7 Å². The number of ether oxygens (including phenoxy) is 1. The Morgan fingerprint density at radius 1 is 0.957 bits per heavy atom. The van der Waals surface area contributed by atoms with Crippen LogP contribution < -0.4 is 0 Å². The second-order valence-corrected chi connectivity index (χ2v) is 5.34. The molecule has 0 heterocycles. The maximum atomic E-state index is 12.9. The smallest absolute Gasteiger partial charge is 0.307 e. The van der Waals surface area contributed by atoms with Gasteiger partial charge in [-0.1, -0.05) is 60.7 Å². The van der Waals surface area contributed by atoms with E-state index in [-0.39, 0.29) is 24.2 Å². The van der Waals surface area contributed by atoms with Crippen molar-refractivity contribution in [2.45, 2.75) is 12.3 Å². The van der Waals surface area contributed by atoms with Crippen LogP contribution in [0.25, 0.3) is 0 Å². The highest BCUT2D eigenvalue weighted by atomic mass is 16.5. The molecule has 0 N–H and O–H groups in total. The number of hydrogen-bond donors (Lipinski definition) is 0. The van der Waals surface area contributed by atoms with Gasteiger partial charge in [0.2, 0.25) is 5.91 Å². The molecule has 120 valence electrons. The summed E-state index contributed by atoms with van der Waals surface area (Å²) >= 11 is 0. The molecule has 0 spiro atoms. The Bertz CT molecular complexity index is 601. The van der Waals surface area contributed by atoms with E-state index < -0.39 is 0 Å². The first-order valence-corrected chi connectivity index (χ1v) is 7.55. The van der Waals surface area contributed by atoms with Crippen LogP contribution in [0.15, 0.2) is 60.7 Å². The average Bonchev–Trinajstić information content (AvgIpc) is 2.61. The number of likely N-dealkylation sites (N-methyl/N-ethyl adjacent to an activating group) is 1. The topological polar surface area (TPSA) is 46.6 Å². The Hall–Kier alpha value is -2.62. The third kappa shape index (κ3) is 4.42. The van der Waals surface area contributed by atoms with Gasteiger partial charge in [0, 0.05) is 13.6 Å². The number of methoxy groups -OCH3 is 1. The molecule has 0 bridgehead atoms. The second-order valence-electron chi connectivity index (χ2n) is 5.34. The van der Waals surface area contributed by atoms with Crippen LogP contribution in [-0.2, 0) is 14.3 Å². The Morgan fingerprint density at radius 2 is 1.43 bits per heavy atom. The minimum atomic E-state index is -0.375. The van der Waals surface area contributed by atoms with E-state index in [4.69, 9.17) is 0 Å². The molecule has 0 fully saturated rings. The van der Waals surface area contributed by atoms with Gasteiger partial charge in [-0.3, -0.25) is 9.59 Å². The molecule has 0 saturated carbocycles. The molecule has 0 aliphatic heterocycles. The summed E-state index contributed by atoms with van der Waals surface area (Å²) in [7, 11) is 3.06. The molecule has 2 rings (SSSR count). The van der Waals surface area contributed by atoms with Gasteiger partial charge >= 0.3 is 5.97 Å². The summed E-state index contributed by atoms with van der Waals surface area (Å²) in [5.74, 6) is -0.730.